The van der Waals surface area contributed by atoms with Crippen LogP contribution in [0.3, 0.4) is 0 Å². The molecule has 6 rings (SSSR count). The Morgan fingerprint density at radius 1 is 1.04 bits per heavy atom. The zero-order valence-electron chi connectivity index (χ0n) is 30.0. The molecule has 3 aromatic rings. The van der Waals surface area contributed by atoms with E-state index in [1.54, 1.807) is 13.2 Å². The summed E-state index contributed by atoms with van der Waals surface area (Å²) in [6.07, 6.45) is 6.91. The lowest BCUT2D eigenvalue weighted by atomic mass is 9.78. The third-order valence-corrected chi connectivity index (χ3v) is 10.1. The van der Waals surface area contributed by atoms with Gasteiger partial charge in [-0.15, -0.1) is 0 Å². The third-order valence-electron chi connectivity index (χ3n) is 10.1. The van der Waals surface area contributed by atoms with Crippen LogP contribution < -0.4 is 10.4 Å². The quantitative estimate of drug-likeness (QED) is 0.232. The maximum Gasteiger partial charge on any atom is 0.488 e. The number of hydrogen-bond acceptors (Lipinski definition) is 9. The lowest BCUT2D eigenvalue weighted by molar-refractivity contribution is -0.0336. The molecule has 1 unspecified atom stereocenters. The van der Waals surface area contributed by atoms with Crippen molar-refractivity contribution < 1.29 is 29.4 Å². The van der Waals surface area contributed by atoms with Gasteiger partial charge in [0.2, 0.25) is 0 Å². The molecule has 4 heterocycles. The number of ether oxygens (including phenoxy) is 3. The third kappa shape index (κ3) is 8.44. The lowest BCUT2D eigenvalue weighted by Crippen LogP contribution is -2.47. The number of piperazine rings is 1. The van der Waals surface area contributed by atoms with Crippen LogP contribution in [-0.2, 0) is 27.2 Å². The van der Waals surface area contributed by atoms with Gasteiger partial charge in [-0.25, -0.2) is 0 Å². The van der Waals surface area contributed by atoms with Crippen molar-refractivity contribution in [3.63, 3.8) is 0 Å². The molecule has 2 saturated heterocycles. The van der Waals surface area contributed by atoms with Gasteiger partial charge in [-0.05, 0) is 67.6 Å². The van der Waals surface area contributed by atoms with Crippen molar-refractivity contribution in [2.24, 2.45) is 5.41 Å². The number of rotatable bonds is 13. The molecule has 0 radical (unpaired) electrons. The molecule has 3 fully saturated rings. The molecule has 0 spiro atoms. The molecule has 0 bridgehead atoms. The van der Waals surface area contributed by atoms with Crippen LogP contribution in [0.5, 0.6) is 0 Å². The number of benzene rings is 1. The van der Waals surface area contributed by atoms with Gasteiger partial charge in [0, 0.05) is 82.2 Å². The van der Waals surface area contributed by atoms with E-state index < -0.39 is 12.5 Å². The van der Waals surface area contributed by atoms with Crippen LogP contribution in [0.2, 0.25) is 0 Å². The number of aliphatic hydroxyl groups is 1. The molecule has 0 amide bonds. The lowest BCUT2D eigenvalue weighted by Gasteiger charge is -2.36. The standard InChI is InChI=1S/C35H51BN4O6.C2H6/c1-24(44-4)33-30(20-27(22-37-33)39-13-11-38(12-14-39)26-6-7-26)34-31(21-35(2,3)23-41)29-19-25(36(42)43)5-8-32(29)40(34)15-18-46-28-9-16-45-17-10-28;1-2/h5,8,19-20,22,24,26,28,41-43H,6-7,9-18,21,23H2,1-4H3;1-2H3. The van der Waals surface area contributed by atoms with Crippen LogP contribution in [0.4, 0.5) is 5.69 Å². The van der Waals surface area contributed by atoms with Crippen LogP contribution in [0.15, 0.2) is 30.5 Å². The van der Waals surface area contributed by atoms with Crippen LogP contribution in [-0.4, -0.2) is 109 Å². The van der Waals surface area contributed by atoms with Crippen LogP contribution in [0.25, 0.3) is 22.2 Å². The van der Waals surface area contributed by atoms with Crippen molar-refractivity contribution in [1.82, 2.24) is 14.5 Å². The summed E-state index contributed by atoms with van der Waals surface area (Å²) in [5.74, 6) is 0. The Labute approximate surface area is 287 Å². The fourth-order valence-corrected chi connectivity index (χ4v) is 7.06. The number of nitrogens with zero attached hydrogens (tertiary/aromatic N) is 4. The summed E-state index contributed by atoms with van der Waals surface area (Å²) in [4.78, 5) is 10.1. The Morgan fingerprint density at radius 2 is 1.75 bits per heavy atom. The van der Waals surface area contributed by atoms with Gasteiger partial charge in [-0.2, -0.15) is 0 Å². The highest BCUT2D eigenvalue weighted by Crippen LogP contribution is 2.41. The largest absolute Gasteiger partial charge is 0.488 e. The topological polar surface area (TPSA) is 113 Å². The molecule has 48 heavy (non-hydrogen) atoms. The van der Waals surface area contributed by atoms with Crippen LogP contribution in [0, 0.1) is 5.41 Å². The number of pyridine rings is 1. The number of fused-ring (bicyclic) bond motifs is 1. The summed E-state index contributed by atoms with van der Waals surface area (Å²) in [5, 5.41) is 31.7. The molecule has 1 saturated carbocycles. The van der Waals surface area contributed by atoms with Crippen molar-refractivity contribution in [2.45, 2.75) is 91.5 Å². The predicted octanol–water partition coefficient (Wildman–Crippen LogP) is 4.16. The maximum atomic E-state index is 10.4. The zero-order valence-corrected chi connectivity index (χ0v) is 30.0. The minimum absolute atomic E-state index is 0.0131. The van der Waals surface area contributed by atoms with E-state index in [9.17, 15) is 15.2 Å². The number of aromatic nitrogens is 2. The van der Waals surface area contributed by atoms with Gasteiger partial charge >= 0.3 is 7.12 Å². The van der Waals surface area contributed by atoms with Crippen LogP contribution >= 0.6 is 0 Å². The van der Waals surface area contributed by atoms with Crippen molar-refractivity contribution >= 4 is 29.2 Å². The van der Waals surface area contributed by atoms with E-state index in [0.717, 1.165) is 97.4 Å². The Kier molecular flexibility index (Phi) is 12.6. The molecule has 1 aliphatic carbocycles. The number of anilines is 1. The minimum atomic E-state index is -1.59. The highest BCUT2D eigenvalue weighted by Gasteiger charge is 2.33. The summed E-state index contributed by atoms with van der Waals surface area (Å²) in [6.45, 7) is 16.8. The molecule has 3 N–H and O–H groups in total. The smallest absolute Gasteiger partial charge is 0.423 e. The van der Waals surface area contributed by atoms with Gasteiger partial charge in [0.15, 0.2) is 0 Å². The normalized spacial score (nSPS) is 18.6. The average Bonchev–Trinajstić information content (AvgIpc) is 3.93. The summed E-state index contributed by atoms with van der Waals surface area (Å²) in [7, 11) is 0.124. The van der Waals surface area contributed by atoms with Gasteiger partial charge in [-0.3, -0.25) is 9.88 Å². The fraction of sp³-hybridized carbons (Fsp3) is 0.649. The Hall–Kier alpha value is -2.51. The van der Waals surface area contributed by atoms with Gasteiger partial charge in [0.25, 0.3) is 0 Å². The predicted molar refractivity (Wildman–Crippen MR) is 193 cm³/mol. The highest BCUT2D eigenvalue weighted by atomic mass is 16.5. The number of aliphatic hydroxyl groups excluding tert-OH is 1. The highest BCUT2D eigenvalue weighted by molar-refractivity contribution is 6.58. The van der Waals surface area contributed by atoms with Gasteiger partial charge in [-0.1, -0.05) is 39.8 Å². The first-order chi connectivity index (χ1) is 23.2. The van der Waals surface area contributed by atoms with E-state index in [0.29, 0.717) is 25.0 Å². The molecule has 264 valence electrons. The number of hydrogen-bond donors (Lipinski definition) is 3. The monoisotopic (exact) mass is 664 g/mol. The fourth-order valence-electron chi connectivity index (χ4n) is 7.06. The zero-order chi connectivity index (χ0) is 34.4. The van der Waals surface area contributed by atoms with E-state index in [-0.39, 0.29) is 18.8 Å². The average molecular weight is 665 g/mol. The van der Waals surface area contributed by atoms with Gasteiger partial charge in [0.05, 0.1) is 42.1 Å². The molecular weight excluding hydrogens is 607 g/mol. The second-order valence-corrected chi connectivity index (χ2v) is 14.1. The summed E-state index contributed by atoms with van der Waals surface area (Å²) < 4.78 is 20.1. The molecule has 2 aromatic heterocycles. The van der Waals surface area contributed by atoms with Crippen molar-refractivity contribution in [1.29, 1.82) is 0 Å². The molecule has 1 atom stereocenters. The maximum absolute atomic E-state index is 10.4. The summed E-state index contributed by atoms with van der Waals surface area (Å²) in [5.41, 5.74) is 5.99. The van der Waals surface area contributed by atoms with E-state index in [4.69, 9.17) is 19.2 Å². The SMILES string of the molecule is CC.COC(C)c1ncc(N2CCN(C3CC3)CC2)cc1-c1c(CC(C)(C)CO)c2cc(B(O)O)ccc2n1CCOC1CCOCC1. The van der Waals surface area contributed by atoms with Gasteiger partial charge in [0.1, 0.15) is 0 Å². The van der Waals surface area contributed by atoms with E-state index in [1.807, 2.05) is 39.1 Å². The Morgan fingerprint density at radius 3 is 2.38 bits per heavy atom. The molecule has 1 aromatic carbocycles. The molecule has 2 aliphatic heterocycles. The van der Waals surface area contributed by atoms with Crippen molar-refractivity contribution in [2.75, 3.05) is 64.6 Å². The first-order valence-electron chi connectivity index (χ1n) is 18.0. The van der Waals surface area contributed by atoms with E-state index in [1.165, 1.54) is 12.8 Å². The molecule has 3 aliphatic rings. The molecule has 11 heteroatoms. The first-order valence-corrected chi connectivity index (χ1v) is 18.0. The van der Waals surface area contributed by atoms with Gasteiger partial charge < -0.3 is 38.8 Å². The first kappa shape index (κ1) is 36.8. The minimum Gasteiger partial charge on any atom is -0.423 e. The van der Waals surface area contributed by atoms with E-state index in [2.05, 4.69) is 34.3 Å². The van der Waals surface area contributed by atoms with E-state index >= 15 is 0 Å². The second-order valence-electron chi connectivity index (χ2n) is 14.1. The van der Waals surface area contributed by atoms with Crippen LogP contribution in [0.1, 0.15) is 77.7 Å². The summed E-state index contributed by atoms with van der Waals surface area (Å²) >= 11 is 0. The second kappa shape index (κ2) is 16.5. The Bertz CT molecular complexity index is 1480. The molecule has 10 nitrogen and oxygen atoms in total. The van der Waals surface area contributed by atoms with Crippen molar-refractivity contribution in [3.8, 4) is 11.3 Å². The number of methoxy groups -OCH3 is 1. The summed E-state index contributed by atoms with van der Waals surface area (Å²) in [6, 6.07) is 8.67. The Balaban J connectivity index is 0.00000221. The molecular formula is C37H57BN4O6. The van der Waals surface area contributed by atoms with Crippen molar-refractivity contribution in [3.05, 3.63) is 41.7 Å².